The Labute approximate surface area is 139 Å². The summed E-state index contributed by atoms with van der Waals surface area (Å²) in [5, 5.41) is 2.77. The number of nitrogens with zero attached hydrogens (tertiary/aromatic N) is 2. The van der Waals surface area contributed by atoms with Gasteiger partial charge < -0.3 is 14.8 Å². The Bertz CT molecular complexity index is 662. The molecule has 0 radical (unpaired) electrons. The minimum atomic E-state index is -0.244. The summed E-state index contributed by atoms with van der Waals surface area (Å²) in [7, 11) is 0. The van der Waals surface area contributed by atoms with E-state index in [1.54, 1.807) is 23.9 Å². The molecule has 0 spiro atoms. The topological polar surface area (TPSA) is 73.3 Å². The highest BCUT2D eigenvalue weighted by atomic mass is 32.2. The minimum absolute atomic E-state index is 0.221. The highest BCUT2D eigenvalue weighted by molar-refractivity contribution is 7.98. The summed E-state index contributed by atoms with van der Waals surface area (Å²) in [5.41, 5.74) is 0.966. The Morgan fingerprint density at radius 1 is 1.17 bits per heavy atom. The van der Waals surface area contributed by atoms with Crippen molar-refractivity contribution in [2.45, 2.75) is 18.7 Å². The van der Waals surface area contributed by atoms with E-state index in [2.05, 4.69) is 15.3 Å². The molecule has 0 aliphatic carbocycles. The smallest absolute Gasteiger partial charge is 0.319 e. The lowest BCUT2D eigenvalue weighted by molar-refractivity contribution is 0.102. The number of rotatable bonds is 7. The van der Waals surface area contributed by atoms with Gasteiger partial charge in [0.05, 0.1) is 19.4 Å². The molecule has 7 heteroatoms. The molecule has 0 aliphatic rings. The monoisotopic (exact) mass is 333 g/mol. The van der Waals surface area contributed by atoms with Gasteiger partial charge in [-0.3, -0.25) is 4.79 Å². The Hall–Kier alpha value is -2.28. The van der Waals surface area contributed by atoms with Gasteiger partial charge in [0.15, 0.2) is 0 Å². The van der Waals surface area contributed by atoms with Crippen LogP contribution in [0.15, 0.2) is 35.4 Å². The van der Waals surface area contributed by atoms with Crippen LogP contribution in [0.4, 0.5) is 5.69 Å². The maximum atomic E-state index is 12.3. The van der Waals surface area contributed by atoms with E-state index in [1.807, 2.05) is 32.2 Å². The lowest BCUT2D eigenvalue weighted by Gasteiger charge is -2.11. The Morgan fingerprint density at radius 2 is 1.87 bits per heavy atom. The molecule has 1 aromatic carbocycles. The van der Waals surface area contributed by atoms with Crippen molar-refractivity contribution in [2.24, 2.45) is 0 Å². The van der Waals surface area contributed by atoms with E-state index in [-0.39, 0.29) is 11.9 Å². The van der Waals surface area contributed by atoms with Crippen LogP contribution in [0.5, 0.6) is 11.9 Å². The van der Waals surface area contributed by atoms with E-state index < -0.39 is 0 Å². The van der Waals surface area contributed by atoms with E-state index in [4.69, 9.17) is 9.47 Å². The maximum Gasteiger partial charge on any atom is 0.319 e. The Kier molecular flexibility index (Phi) is 6.22. The molecule has 1 N–H and O–H groups in total. The molecule has 23 heavy (non-hydrogen) atoms. The molecule has 0 atom stereocenters. The van der Waals surface area contributed by atoms with Crippen LogP contribution in [-0.2, 0) is 0 Å². The number of ether oxygens (including phenoxy) is 2. The van der Waals surface area contributed by atoms with Crippen LogP contribution >= 0.6 is 11.8 Å². The molecule has 0 unspecified atom stereocenters. The zero-order chi connectivity index (χ0) is 16.7. The van der Waals surface area contributed by atoms with Crippen LogP contribution in [0, 0.1) is 0 Å². The standard InChI is InChI=1S/C16H19N3O3S/c1-4-21-15-13(10-17-16(19-15)22-5-2)18-14(20)11-6-8-12(23-3)9-7-11/h6-10H,4-5H2,1-3H3,(H,18,20). The van der Waals surface area contributed by atoms with E-state index in [0.29, 0.717) is 30.3 Å². The average molecular weight is 333 g/mol. The third kappa shape index (κ3) is 4.59. The van der Waals surface area contributed by atoms with Crippen LogP contribution < -0.4 is 14.8 Å². The minimum Gasteiger partial charge on any atom is -0.476 e. The van der Waals surface area contributed by atoms with Crippen molar-refractivity contribution in [3.8, 4) is 11.9 Å². The lowest BCUT2D eigenvalue weighted by Crippen LogP contribution is -2.14. The largest absolute Gasteiger partial charge is 0.476 e. The molecule has 0 saturated carbocycles. The van der Waals surface area contributed by atoms with Crippen molar-refractivity contribution >= 4 is 23.4 Å². The number of aromatic nitrogens is 2. The van der Waals surface area contributed by atoms with Gasteiger partial charge in [-0.05, 0) is 44.4 Å². The highest BCUT2D eigenvalue weighted by Gasteiger charge is 2.13. The van der Waals surface area contributed by atoms with Crippen molar-refractivity contribution in [3.05, 3.63) is 36.0 Å². The normalized spacial score (nSPS) is 10.2. The number of thioether (sulfide) groups is 1. The Morgan fingerprint density at radius 3 is 2.48 bits per heavy atom. The first kappa shape index (κ1) is 17.1. The second-order valence-corrected chi connectivity index (χ2v) is 5.30. The van der Waals surface area contributed by atoms with E-state index in [9.17, 15) is 4.79 Å². The number of carbonyl (C=O) groups excluding carboxylic acids is 1. The van der Waals surface area contributed by atoms with Crippen molar-refractivity contribution in [1.29, 1.82) is 0 Å². The summed E-state index contributed by atoms with van der Waals surface area (Å²) in [4.78, 5) is 21.6. The number of benzene rings is 1. The molecule has 2 aromatic rings. The van der Waals surface area contributed by atoms with Gasteiger partial charge in [0, 0.05) is 10.5 Å². The predicted octanol–water partition coefficient (Wildman–Crippen LogP) is 3.25. The van der Waals surface area contributed by atoms with Gasteiger partial charge in [0.1, 0.15) is 5.69 Å². The third-order valence-corrected chi connectivity index (χ3v) is 3.63. The van der Waals surface area contributed by atoms with Crippen LogP contribution in [0.1, 0.15) is 24.2 Å². The summed E-state index contributed by atoms with van der Waals surface area (Å²) in [6, 6.07) is 7.57. The van der Waals surface area contributed by atoms with Crippen LogP contribution in [0.25, 0.3) is 0 Å². The molecule has 1 aromatic heterocycles. The summed E-state index contributed by atoms with van der Waals surface area (Å²) >= 11 is 1.62. The second kappa shape index (κ2) is 8.38. The zero-order valence-corrected chi connectivity index (χ0v) is 14.1. The van der Waals surface area contributed by atoms with E-state index in [0.717, 1.165) is 4.90 Å². The second-order valence-electron chi connectivity index (χ2n) is 4.42. The van der Waals surface area contributed by atoms with Crippen LogP contribution in [0.2, 0.25) is 0 Å². The molecule has 2 rings (SSSR count). The summed E-state index contributed by atoms with van der Waals surface area (Å²) < 4.78 is 10.7. The molecular weight excluding hydrogens is 314 g/mol. The number of anilines is 1. The summed E-state index contributed by atoms with van der Waals surface area (Å²) in [6.07, 6.45) is 3.47. The van der Waals surface area contributed by atoms with Crippen molar-refractivity contribution in [3.63, 3.8) is 0 Å². The number of nitrogens with one attached hydrogen (secondary N) is 1. The lowest BCUT2D eigenvalue weighted by atomic mass is 10.2. The quantitative estimate of drug-likeness (QED) is 0.784. The zero-order valence-electron chi connectivity index (χ0n) is 13.3. The van der Waals surface area contributed by atoms with Gasteiger partial charge >= 0.3 is 6.01 Å². The molecule has 1 heterocycles. The van der Waals surface area contributed by atoms with E-state index >= 15 is 0 Å². The molecule has 122 valence electrons. The third-order valence-electron chi connectivity index (χ3n) is 2.89. The number of hydrogen-bond donors (Lipinski definition) is 1. The van der Waals surface area contributed by atoms with Crippen molar-refractivity contribution in [1.82, 2.24) is 9.97 Å². The predicted molar refractivity (Wildman–Crippen MR) is 90.5 cm³/mol. The van der Waals surface area contributed by atoms with Gasteiger partial charge in [0.25, 0.3) is 5.91 Å². The van der Waals surface area contributed by atoms with Crippen LogP contribution in [-0.4, -0.2) is 35.3 Å². The summed E-state index contributed by atoms with van der Waals surface area (Å²) in [6.45, 7) is 4.57. The fraction of sp³-hybridized carbons (Fsp3) is 0.312. The highest BCUT2D eigenvalue weighted by Crippen LogP contribution is 2.24. The molecular formula is C16H19N3O3S. The first-order valence-electron chi connectivity index (χ1n) is 7.26. The number of carbonyl (C=O) groups is 1. The average Bonchev–Trinajstić information content (AvgIpc) is 2.57. The van der Waals surface area contributed by atoms with Crippen molar-refractivity contribution < 1.29 is 14.3 Å². The first-order valence-corrected chi connectivity index (χ1v) is 8.48. The van der Waals surface area contributed by atoms with Crippen LogP contribution in [0.3, 0.4) is 0 Å². The fourth-order valence-electron chi connectivity index (χ4n) is 1.82. The van der Waals surface area contributed by atoms with Gasteiger partial charge in [-0.1, -0.05) is 0 Å². The molecule has 0 aliphatic heterocycles. The molecule has 0 saturated heterocycles. The first-order chi connectivity index (χ1) is 11.2. The van der Waals surface area contributed by atoms with Gasteiger partial charge in [-0.25, -0.2) is 4.98 Å². The fourth-order valence-corrected chi connectivity index (χ4v) is 2.23. The SMILES string of the molecule is CCOc1ncc(NC(=O)c2ccc(SC)cc2)c(OCC)n1. The molecule has 0 fully saturated rings. The van der Waals surface area contributed by atoms with Gasteiger partial charge in [-0.15, -0.1) is 11.8 Å². The van der Waals surface area contributed by atoms with Crippen molar-refractivity contribution in [2.75, 3.05) is 24.8 Å². The molecule has 1 amide bonds. The Balaban J connectivity index is 2.18. The summed E-state index contributed by atoms with van der Waals surface area (Å²) in [5.74, 6) is 0.0476. The number of amides is 1. The van der Waals surface area contributed by atoms with Gasteiger partial charge in [-0.2, -0.15) is 4.98 Å². The maximum absolute atomic E-state index is 12.3. The van der Waals surface area contributed by atoms with Gasteiger partial charge in [0.2, 0.25) is 5.88 Å². The molecule has 6 nitrogen and oxygen atoms in total. The number of hydrogen-bond acceptors (Lipinski definition) is 6. The molecule has 0 bridgehead atoms. The van der Waals surface area contributed by atoms with E-state index in [1.165, 1.54) is 6.20 Å².